The molecule has 0 saturated heterocycles. The fourth-order valence-electron chi connectivity index (χ4n) is 1.55. The number of likely N-dealkylation sites (N-methyl/N-ethyl adjacent to an activating group) is 1. The highest BCUT2D eigenvalue weighted by atomic mass is 16.6. The van der Waals surface area contributed by atoms with Crippen molar-refractivity contribution in [3.8, 4) is 0 Å². The zero-order chi connectivity index (χ0) is 15.1. The van der Waals surface area contributed by atoms with Crippen molar-refractivity contribution in [1.82, 2.24) is 10.6 Å². The average Bonchev–Trinajstić information content (AvgIpc) is 2.44. The fourth-order valence-corrected chi connectivity index (χ4v) is 1.55. The van der Waals surface area contributed by atoms with Gasteiger partial charge in [-0.2, -0.15) is 0 Å². The number of hydrogen-bond acceptors (Lipinski definition) is 5. The Morgan fingerprint density at radius 3 is 2.60 bits per heavy atom. The summed E-state index contributed by atoms with van der Waals surface area (Å²) in [4.78, 5) is 33.1. The molecule has 0 fully saturated rings. The Hall–Kier alpha value is -2.64. The number of anilines is 1. The van der Waals surface area contributed by atoms with E-state index in [1.54, 1.807) is 6.92 Å². The molecule has 0 saturated carbocycles. The monoisotopic (exact) mass is 280 g/mol. The number of carbonyl (C=O) groups is 2. The van der Waals surface area contributed by atoms with Crippen molar-refractivity contribution in [1.29, 1.82) is 0 Å². The molecule has 0 aliphatic rings. The van der Waals surface area contributed by atoms with Gasteiger partial charge in [0.25, 0.3) is 11.6 Å². The van der Waals surface area contributed by atoms with Crippen LogP contribution in [0.1, 0.15) is 17.3 Å². The van der Waals surface area contributed by atoms with E-state index in [0.717, 1.165) is 0 Å². The average molecular weight is 280 g/mol. The van der Waals surface area contributed by atoms with Crippen molar-refractivity contribution < 1.29 is 14.5 Å². The molecule has 20 heavy (non-hydrogen) atoms. The van der Waals surface area contributed by atoms with Crippen molar-refractivity contribution in [2.45, 2.75) is 6.92 Å². The fraction of sp³-hybridized carbons (Fsp3) is 0.333. The molecule has 108 valence electrons. The molecule has 0 aromatic heterocycles. The molecule has 8 heteroatoms. The summed E-state index contributed by atoms with van der Waals surface area (Å²) in [6.07, 6.45) is 0. The Kier molecular flexibility index (Phi) is 5.45. The SMILES string of the molecule is CCNC(=O)CNc1ccc(C(=O)NC)cc1[N+](=O)[O-]. The molecule has 3 N–H and O–H groups in total. The number of carbonyl (C=O) groups excluding carboxylic acids is 2. The predicted octanol–water partition coefficient (Wildman–Crippen LogP) is 0.502. The van der Waals surface area contributed by atoms with Gasteiger partial charge in [-0.25, -0.2) is 0 Å². The second kappa shape index (κ2) is 7.07. The van der Waals surface area contributed by atoms with Crippen LogP contribution in [-0.4, -0.2) is 36.9 Å². The molecule has 0 spiro atoms. The molecule has 0 aliphatic heterocycles. The standard InChI is InChI=1S/C12H16N4O4/c1-3-14-11(17)7-15-9-5-4-8(12(18)13-2)6-10(9)16(19)20/h4-6,15H,3,7H2,1-2H3,(H,13,18)(H,14,17). The van der Waals surface area contributed by atoms with Crippen LogP contribution in [0.2, 0.25) is 0 Å². The van der Waals surface area contributed by atoms with E-state index < -0.39 is 10.8 Å². The van der Waals surface area contributed by atoms with Gasteiger partial charge in [-0.15, -0.1) is 0 Å². The maximum atomic E-state index is 11.4. The van der Waals surface area contributed by atoms with Crippen molar-refractivity contribution in [3.63, 3.8) is 0 Å². The zero-order valence-corrected chi connectivity index (χ0v) is 11.2. The topological polar surface area (TPSA) is 113 Å². The van der Waals surface area contributed by atoms with Crippen LogP contribution in [0, 0.1) is 10.1 Å². The van der Waals surface area contributed by atoms with Crippen molar-refractivity contribution in [2.24, 2.45) is 0 Å². The summed E-state index contributed by atoms with van der Waals surface area (Å²) < 4.78 is 0. The molecular formula is C12H16N4O4. The Balaban J connectivity index is 2.93. The van der Waals surface area contributed by atoms with Gasteiger partial charge in [0.2, 0.25) is 5.91 Å². The smallest absolute Gasteiger partial charge is 0.293 e. The minimum Gasteiger partial charge on any atom is -0.371 e. The third kappa shape index (κ3) is 3.94. The number of nitrogens with zero attached hydrogens (tertiary/aromatic N) is 1. The molecule has 0 atom stereocenters. The van der Waals surface area contributed by atoms with E-state index in [0.29, 0.717) is 6.54 Å². The number of benzene rings is 1. The largest absolute Gasteiger partial charge is 0.371 e. The molecule has 1 rings (SSSR count). The Labute approximate surface area is 115 Å². The summed E-state index contributed by atoms with van der Waals surface area (Å²) in [5.41, 5.74) is 0.118. The summed E-state index contributed by atoms with van der Waals surface area (Å²) >= 11 is 0. The Bertz CT molecular complexity index is 530. The molecule has 0 unspecified atom stereocenters. The van der Waals surface area contributed by atoms with E-state index in [1.165, 1.54) is 25.2 Å². The number of rotatable bonds is 6. The molecule has 0 radical (unpaired) electrons. The van der Waals surface area contributed by atoms with E-state index in [2.05, 4.69) is 16.0 Å². The molecular weight excluding hydrogens is 264 g/mol. The number of amides is 2. The molecule has 0 aliphatic carbocycles. The van der Waals surface area contributed by atoms with Crippen LogP contribution in [0.15, 0.2) is 18.2 Å². The molecule has 1 aromatic carbocycles. The summed E-state index contributed by atoms with van der Waals surface area (Å²) in [5, 5.41) is 18.6. The maximum absolute atomic E-state index is 11.4. The summed E-state index contributed by atoms with van der Waals surface area (Å²) in [6, 6.07) is 4.02. The number of nitro benzene ring substituents is 1. The number of nitrogens with one attached hydrogen (secondary N) is 3. The van der Waals surface area contributed by atoms with Crippen LogP contribution in [0.5, 0.6) is 0 Å². The second-order valence-corrected chi connectivity index (χ2v) is 3.88. The lowest BCUT2D eigenvalue weighted by atomic mass is 10.1. The van der Waals surface area contributed by atoms with E-state index in [-0.39, 0.29) is 29.4 Å². The van der Waals surface area contributed by atoms with Gasteiger partial charge < -0.3 is 16.0 Å². The first-order valence-electron chi connectivity index (χ1n) is 6.00. The van der Waals surface area contributed by atoms with Crippen molar-refractivity contribution in [2.75, 3.05) is 25.5 Å². The Morgan fingerprint density at radius 2 is 2.05 bits per heavy atom. The third-order valence-electron chi connectivity index (χ3n) is 2.50. The Morgan fingerprint density at radius 1 is 1.35 bits per heavy atom. The molecule has 1 aromatic rings. The van der Waals surface area contributed by atoms with Gasteiger partial charge in [-0.3, -0.25) is 19.7 Å². The molecule has 0 heterocycles. The minimum atomic E-state index is -0.605. The van der Waals surface area contributed by atoms with E-state index in [1.807, 2.05) is 0 Å². The van der Waals surface area contributed by atoms with Gasteiger partial charge in [-0.1, -0.05) is 0 Å². The van der Waals surface area contributed by atoms with Gasteiger partial charge >= 0.3 is 0 Å². The first-order chi connectivity index (χ1) is 9.49. The third-order valence-corrected chi connectivity index (χ3v) is 2.50. The van der Waals surface area contributed by atoms with Crippen LogP contribution in [0.4, 0.5) is 11.4 Å². The van der Waals surface area contributed by atoms with E-state index in [9.17, 15) is 19.7 Å². The highest BCUT2D eigenvalue weighted by Gasteiger charge is 2.17. The minimum absolute atomic E-state index is 0.0754. The zero-order valence-electron chi connectivity index (χ0n) is 11.2. The lowest BCUT2D eigenvalue weighted by molar-refractivity contribution is -0.384. The van der Waals surface area contributed by atoms with Gasteiger partial charge in [-0.05, 0) is 19.1 Å². The molecule has 0 bridgehead atoms. The summed E-state index contributed by atoms with van der Waals surface area (Å²) in [6.45, 7) is 2.19. The number of hydrogen-bond donors (Lipinski definition) is 3. The van der Waals surface area contributed by atoms with Gasteiger partial charge in [0.05, 0.1) is 11.5 Å². The normalized spacial score (nSPS) is 9.70. The first-order valence-corrected chi connectivity index (χ1v) is 6.00. The first kappa shape index (κ1) is 15.4. The van der Waals surface area contributed by atoms with Crippen molar-refractivity contribution in [3.05, 3.63) is 33.9 Å². The van der Waals surface area contributed by atoms with Crippen LogP contribution in [0.25, 0.3) is 0 Å². The van der Waals surface area contributed by atoms with Gasteiger partial charge in [0, 0.05) is 25.2 Å². The highest BCUT2D eigenvalue weighted by molar-refractivity contribution is 5.95. The van der Waals surface area contributed by atoms with Crippen LogP contribution in [-0.2, 0) is 4.79 Å². The summed E-state index contributed by atoms with van der Waals surface area (Å²) in [7, 11) is 1.44. The van der Waals surface area contributed by atoms with Gasteiger partial charge in [0.1, 0.15) is 5.69 Å². The lowest BCUT2D eigenvalue weighted by Crippen LogP contribution is -2.29. The van der Waals surface area contributed by atoms with E-state index >= 15 is 0 Å². The highest BCUT2D eigenvalue weighted by Crippen LogP contribution is 2.25. The number of nitro groups is 1. The molecule has 2 amide bonds. The van der Waals surface area contributed by atoms with E-state index in [4.69, 9.17) is 0 Å². The van der Waals surface area contributed by atoms with Gasteiger partial charge in [0.15, 0.2) is 0 Å². The van der Waals surface area contributed by atoms with Crippen LogP contribution in [0.3, 0.4) is 0 Å². The lowest BCUT2D eigenvalue weighted by Gasteiger charge is -2.08. The predicted molar refractivity (Wildman–Crippen MR) is 73.7 cm³/mol. The summed E-state index contributed by atoms with van der Waals surface area (Å²) in [5.74, 6) is -0.680. The van der Waals surface area contributed by atoms with Crippen LogP contribution < -0.4 is 16.0 Å². The molecule has 8 nitrogen and oxygen atoms in total. The van der Waals surface area contributed by atoms with Crippen LogP contribution >= 0.6 is 0 Å². The maximum Gasteiger partial charge on any atom is 0.293 e. The van der Waals surface area contributed by atoms with Crippen molar-refractivity contribution >= 4 is 23.2 Å². The quantitative estimate of drug-likeness (QED) is 0.519. The second-order valence-electron chi connectivity index (χ2n) is 3.88.